The first-order valence-electron chi connectivity index (χ1n) is 5.12. The molecule has 0 atom stereocenters. The third-order valence-corrected chi connectivity index (χ3v) is 2.81. The highest BCUT2D eigenvalue weighted by Gasteiger charge is 2.19. The maximum atomic E-state index is 5.76. The molecule has 15 heavy (non-hydrogen) atoms. The van der Waals surface area contributed by atoms with E-state index in [1.54, 1.807) is 0 Å². The van der Waals surface area contributed by atoms with Crippen LogP contribution in [-0.2, 0) is 11.3 Å². The fourth-order valence-corrected chi connectivity index (χ4v) is 1.87. The summed E-state index contributed by atoms with van der Waals surface area (Å²) in [6.07, 6.45) is 1.88. The summed E-state index contributed by atoms with van der Waals surface area (Å²) in [5.41, 5.74) is 7.66. The lowest BCUT2D eigenvalue weighted by Gasteiger charge is -2.25. The van der Waals surface area contributed by atoms with Crippen molar-refractivity contribution in [3.8, 4) is 0 Å². The number of aromatic nitrogens is 2. The summed E-state index contributed by atoms with van der Waals surface area (Å²) >= 11 is 0. The molecule has 1 aliphatic heterocycles. The zero-order valence-corrected chi connectivity index (χ0v) is 8.39. The van der Waals surface area contributed by atoms with Gasteiger partial charge in [-0.3, -0.25) is 4.68 Å². The third-order valence-electron chi connectivity index (χ3n) is 2.81. The van der Waals surface area contributed by atoms with E-state index in [0.29, 0.717) is 5.92 Å². The molecule has 4 heteroatoms. The summed E-state index contributed by atoms with van der Waals surface area (Å²) in [7, 11) is 0. The molecule has 1 aromatic carbocycles. The predicted molar refractivity (Wildman–Crippen MR) is 58.5 cm³/mol. The number of hydrogen-bond donors (Lipinski definition) is 1. The second kappa shape index (κ2) is 3.24. The van der Waals surface area contributed by atoms with Crippen LogP contribution in [0.2, 0.25) is 0 Å². The molecule has 3 rings (SSSR count). The minimum atomic E-state index is 0.606. The molecule has 1 aromatic heterocycles. The van der Waals surface area contributed by atoms with Crippen LogP contribution in [0.1, 0.15) is 0 Å². The summed E-state index contributed by atoms with van der Waals surface area (Å²) in [4.78, 5) is 0. The Hall–Kier alpha value is -1.55. The first kappa shape index (κ1) is 8.73. The van der Waals surface area contributed by atoms with Gasteiger partial charge in [0.25, 0.3) is 0 Å². The van der Waals surface area contributed by atoms with Crippen molar-refractivity contribution in [2.45, 2.75) is 6.54 Å². The normalized spacial score (nSPS) is 16.8. The lowest BCUT2D eigenvalue weighted by atomic mass is 10.1. The van der Waals surface area contributed by atoms with Crippen molar-refractivity contribution in [3.63, 3.8) is 0 Å². The topological polar surface area (TPSA) is 53.1 Å². The van der Waals surface area contributed by atoms with Crippen LogP contribution in [0.15, 0.2) is 24.4 Å². The molecule has 2 heterocycles. The number of nitrogens with zero attached hydrogens (tertiary/aromatic N) is 2. The summed E-state index contributed by atoms with van der Waals surface area (Å²) in [6, 6.07) is 5.88. The average Bonchev–Trinajstić information content (AvgIpc) is 2.54. The molecular weight excluding hydrogens is 190 g/mol. The molecule has 0 bridgehead atoms. The highest BCUT2D eigenvalue weighted by molar-refractivity contribution is 5.81. The van der Waals surface area contributed by atoms with Crippen LogP contribution in [0.3, 0.4) is 0 Å². The Balaban J connectivity index is 1.98. The fraction of sp³-hybridized carbons (Fsp3) is 0.364. The van der Waals surface area contributed by atoms with E-state index in [2.05, 4.69) is 5.10 Å². The standard InChI is InChI=1S/C11H13N3O/c12-10-2-1-9-4-13-14(11(9)3-10)5-8-6-15-7-8/h1-4,8H,5-7,12H2. The van der Waals surface area contributed by atoms with Gasteiger partial charge in [0.1, 0.15) is 0 Å². The van der Waals surface area contributed by atoms with Crippen LogP contribution in [0.25, 0.3) is 10.9 Å². The number of fused-ring (bicyclic) bond motifs is 1. The summed E-state index contributed by atoms with van der Waals surface area (Å²) in [5, 5.41) is 5.51. The molecule has 78 valence electrons. The highest BCUT2D eigenvalue weighted by Crippen LogP contribution is 2.20. The van der Waals surface area contributed by atoms with Crippen LogP contribution < -0.4 is 5.73 Å². The Labute approximate surface area is 87.6 Å². The van der Waals surface area contributed by atoms with E-state index in [1.165, 1.54) is 0 Å². The van der Waals surface area contributed by atoms with E-state index < -0.39 is 0 Å². The summed E-state index contributed by atoms with van der Waals surface area (Å²) in [6.45, 7) is 2.63. The average molecular weight is 203 g/mol. The Bertz CT molecular complexity index is 488. The highest BCUT2D eigenvalue weighted by atomic mass is 16.5. The van der Waals surface area contributed by atoms with Crippen molar-refractivity contribution in [3.05, 3.63) is 24.4 Å². The number of anilines is 1. The minimum absolute atomic E-state index is 0.606. The molecule has 0 saturated carbocycles. The monoisotopic (exact) mass is 203 g/mol. The zero-order valence-electron chi connectivity index (χ0n) is 8.39. The Kier molecular flexibility index (Phi) is 1.89. The van der Waals surface area contributed by atoms with Crippen LogP contribution in [-0.4, -0.2) is 23.0 Å². The van der Waals surface area contributed by atoms with Crippen LogP contribution in [0.4, 0.5) is 5.69 Å². The van der Waals surface area contributed by atoms with Gasteiger partial charge in [-0.05, 0) is 18.2 Å². The van der Waals surface area contributed by atoms with Crippen molar-refractivity contribution in [2.24, 2.45) is 5.92 Å². The summed E-state index contributed by atoms with van der Waals surface area (Å²) < 4.78 is 7.17. The Morgan fingerprint density at radius 3 is 3.07 bits per heavy atom. The molecule has 0 spiro atoms. The number of ether oxygens (including phenoxy) is 1. The molecule has 4 nitrogen and oxygen atoms in total. The molecule has 0 aliphatic carbocycles. The SMILES string of the molecule is Nc1ccc2cnn(CC3COC3)c2c1. The second-order valence-corrected chi connectivity index (χ2v) is 4.05. The molecule has 2 N–H and O–H groups in total. The number of rotatable bonds is 2. The van der Waals surface area contributed by atoms with Gasteiger partial charge >= 0.3 is 0 Å². The van der Waals surface area contributed by atoms with Gasteiger partial charge in [-0.1, -0.05) is 0 Å². The number of nitrogen functional groups attached to an aromatic ring is 1. The van der Waals surface area contributed by atoms with E-state index >= 15 is 0 Å². The smallest absolute Gasteiger partial charge is 0.0703 e. The van der Waals surface area contributed by atoms with Crippen molar-refractivity contribution in [1.29, 1.82) is 0 Å². The van der Waals surface area contributed by atoms with Gasteiger partial charge in [-0.15, -0.1) is 0 Å². The molecule has 1 fully saturated rings. The maximum absolute atomic E-state index is 5.76. The molecule has 0 radical (unpaired) electrons. The van der Waals surface area contributed by atoms with Gasteiger partial charge in [-0.2, -0.15) is 5.10 Å². The fourth-order valence-electron chi connectivity index (χ4n) is 1.87. The number of nitrogens with two attached hydrogens (primary N) is 1. The second-order valence-electron chi connectivity index (χ2n) is 4.05. The van der Waals surface area contributed by atoms with Gasteiger partial charge in [0.2, 0.25) is 0 Å². The van der Waals surface area contributed by atoms with Crippen molar-refractivity contribution >= 4 is 16.6 Å². The predicted octanol–water partition coefficient (Wildman–Crippen LogP) is 1.26. The molecule has 1 aliphatic rings. The Morgan fingerprint density at radius 2 is 2.33 bits per heavy atom. The Morgan fingerprint density at radius 1 is 1.47 bits per heavy atom. The van der Waals surface area contributed by atoms with Crippen LogP contribution in [0.5, 0.6) is 0 Å². The van der Waals surface area contributed by atoms with Gasteiger partial charge in [-0.25, -0.2) is 0 Å². The molecule has 0 amide bonds. The quantitative estimate of drug-likeness (QED) is 0.748. The van der Waals surface area contributed by atoms with Gasteiger partial charge in [0, 0.05) is 23.5 Å². The first-order chi connectivity index (χ1) is 7.33. The lowest BCUT2D eigenvalue weighted by Crippen LogP contribution is -2.31. The molecule has 2 aromatic rings. The van der Waals surface area contributed by atoms with E-state index in [1.807, 2.05) is 29.1 Å². The molecular formula is C11H13N3O. The van der Waals surface area contributed by atoms with Crippen LogP contribution in [0, 0.1) is 5.92 Å². The van der Waals surface area contributed by atoms with Crippen molar-refractivity contribution in [1.82, 2.24) is 9.78 Å². The largest absolute Gasteiger partial charge is 0.399 e. The van der Waals surface area contributed by atoms with Crippen molar-refractivity contribution < 1.29 is 4.74 Å². The van der Waals surface area contributed by atoms with E-state index in [9.17, 15) is 0 Å². The zero-order chi connectivity index (χ0) is 10.3. The van der Waals surface area contributed by atoms with E-state index in [4.69, 9.17) is 10.5 Å². The van der Waals surface area contributed by atoms with Crippen LogP contribution >= 0.6 is 0 Å². The van der Waals surface area contributed by atoms with E-state index in [-0.39, 0.29) is 0 Å². The minimum Gasteiger partial charge on any atom is -0.399 e. The third kappa shape index (κ3) is 1.47. The van der Waals surface area contributed by atoms with Crippen molar-refractivity contribution in [2.75, 3.05) is 18.9 Å². The lowest BCUT2D eigenvalue weighted by molar-refractivity contribution is -0.0403. The molecule has 1 saturated heterocycles. The number of hydrogen-bond acceptors (Lipinski definition) is 3. The van der Waals surface area contributed by atoms with Gasteiger partial charge in [0.05, 0.1) is 24.9 Å². The number of benzene rings is 1. The first-order valence-corrected chi connectivity index (χ1v) is 5.12. The summed E-state index contributed by atoms with van der Waals surface area (Å²) in [5.74, 6) is 0.606. The van der Waals surface area contributed by atoms with E-state index in [0.717, 1.165) is 36.3 Å². The maximum Gasteiger partial charge on any atom is 0.0703 e. The molecule has 0 unspecified atom stereocenters. The van der Waals surface area contributed by atoms with Gasteiger partial charge < -0.3 is 10.5 Å². The van der Waals surface area contributed by atoms with Gasteiger partial charge in [0.15, 0.2) is 0 Å².